The number of likely N-dealkylation sites (N-methyl/N-ethyl adjacent to an activating group) is 1. The molecule has 0 bridgehead atoms. The van der Waals surface area contributed by atoms with E-state index in [-0.39, 0.29) is 13.2 Å². The molecule has 0 saturated carbocycles. The van der Waals surface area contributed by atoms with Gasteiger partial charge in [-0.3, -0.25) is 14.2 Å². The molecule has 0 radical (unpaired) electrons. The van der Waals surface area contributed by atoms with Crippen LogP contribution in [0.2, 0.25) is 0 Å². The molecule has 1 heterocycles. The number of nitrogens with zero attached hydrogens (tertiary/aromatic N) is 2. The summed E-state index contributed by atoms with van der Waals surface area (Å²) in [6, 6.07) is -1.93. The first-order chi connectivity index (χ1) is 11.8. The summed E-state index contributed by atoms with van der Waals surface area (Å²) in [6.07, 6.45) is 3.99. The van der Waals surface area contributed by atoms with E-state index in [1.807, 2.05) is 6.92 Å². The summed E-state index contributed by atoms with van der Waals surface area (Å²) in [5.74, 6) is -0.101. The van der Waals surface area contributed by atoms with E-state index in [0.717, 1.165) is 4.90 Å². The summed E-state index contributed by atoms with van der Waals surface area (Å²) in [6.45, 7) is 3.48. The molecule has 1 aromatic heterocycles. The van der Waals surface area contributed by atoms with Crippen molar-refractivity contribution in [2.24, 2.45) is 0 Å². The van der Waals surface area contributed by atoms with Crippen molar-refractivity contribution >= 4 is 22.3 Å². The Morgan fingerprint density at radius 2 is 2.12 bits per heavy atom. The molecule has 0 aliphatic carbocycles. The lowest BCUT2D eigenvalue weighted by molar-refractivity contribution is -0.139. The summed E-state index contributed by atoms with van der Waals surface area (Å²) in [4.78, 5) is 37.0. The van der Waals surface area contributed by atoms with Gasteiger partial charge in [-0.15, -0.1) is 4.28 Å². The van der Waals surface area contributed by atoms with Crippen molar-refractivity contribution in [1.29, 1.82) is 0 Å². The van der Waals surface area contributed by atoms with E-state index in [2.05, 4.69) is 19.7 Å². The van der Waals surface area contributed by atoms with Crippen molar-refractivity contribution in [3.05, 3.63) is 18.2 Å². The number of aromatic amines is 1. The van der Waals surface area contributed by atoms with Crippen molar-refractivity contribution in [1.82, 2.24) is 25.8 Å². The van der Waals surface area contributed by atoms with Gasteiger partial charge >= 0.3 is 16.4 Å². The largest absolute Gasteiger partial charge is 0.418 e. The summed E-state index contributed by atoms with van der Waals surface area (Å²) >= 11 is 0. The second kappa shape index (κ2) is 9.93. The Hall–Kier alpha value is -2.22. The number of hydroxylamine groups is 2. The van der Waals surface area contributed by atoms with E-state index in [1.54, 1.807) is 18.6 Å². The van der Waals surface area contributed by atoms with Crippen LogP contribution in [0.1, 0.15) is 32.5 Å². The highest BCUT2D eigenvalue weighted by Crippen LogP contribution is 2.08. The molecule has 1 aromatic rings. The van der Waals surface area contributed by atoms with Crippen molar-refractivity contribution in [2.45, 2.75) is 39.3 Å². The van der Waals surface area contributed by atoms with Gasteiger partial charge in [-0.25, -0.2) is 15.3 Å². The van der Waals surface area contributed by atoms with Crippen molar-refractivity contribution in [3.8, 4) is 0 Å². The third-order valence-corrected chi connectivity index (χ3v) is 3.31. The van der Waals surface area contributed by atoms with Crippen LogP contribution in [0.5, 0.6) is 0 Å². The molecular weight excluding hydrogens is 358 g/mol. The van der Waals surface area contributed by atoms with Crippen LogP contribution >= 0.6 is 0 Å². The lowest BCUT2D eigenvalue weighted by Crippen LogP contribution is -2.52. The van der Waals surface area contributed by atoms with Gasteiger partial charge in [-0.05, 0) is 13.3 Å². The van der Waals surface area contributed by atoms with Gasteiger partial charge in [-0.2, -0.15) is 13.9 Å². The highest BCUT2D eigenvalue weighted by atomic mass is 32.3. The lowest BCUT2D eigenvalue weighted by atomic mass is 10.1. The number of rotatable bonds is 10. The minimum Gasteiger partial charge on any atom is -0.347 e. The zero-order valence-corrected chi connectivity index (χ0v) is 14.6. The molecule has 0 saturated heterocycles. The molecular formula is C12H21N5O7S. The topological polar surface area (TPSA) is 163 Å². The number of aromatic nitrogens is 2. The monoisotopic (exact) mass is 379 g/mol. The fraction of sp³-hybridized carbons (Fsp3) is 0.583. The average molecular weight is 379 g/mol. The molecule has 0 fully saturated rings. The second-order valence-electron chi connectivity index (χ2n) is 4.80. The smallest absolute Gasteiger partial charge is 0.347 e. The first-order valence-corrected chi connectivity index (χ1v) is 8.77. The predicted molar refractivity (Wildman–Crippen MR) is 83.8 cm³/mol. The van der Waals surface area contributed by atoms with E-state index in [4.69, 9.17) is 9.39 Å². The number of hydrogen-bond donors (Lipinski definition) is 4. The molecule has 0 aliphatic rings. The number of carbonyl (C=O) groups excluding carboxylic acids is 2. The van der Waals surface area contributed by atoms with Crippen molar-refractivity contribution < 1.29 is 31.7 Å². The molecule has 0 aliphatic heterocycles. The van der Waals surface area contributed by atoms with Gasteiger partial charge in [0.05, 0.1) is 0 Å². The van der Waals surface area contributed by atoms with E-state index < -0.39 is 28.4 Å². The summed E-state index contributed by atoms with van der Waals surface area (Å²) in [5.41, 5.74) is 3.78. The van der Waals surface area contributed by atoms with Gasteiger partial charge < -0.3 is 9.88 Å². The van der Waals surface area contributed by atoms with Crippen LogP contribution in [0, 0.1) is 0 Å². The summed E-state index contributed by atoms with van der Waals surface area (Å²) in [7, 11) is -4.85. The fourth-order valence-corrected chi connectivity index (χ4v) is 2.15. The Balaban J connectivity index is 2.65. The number of amides is 3. The number of carbonyl (C=O) groups is 2. The predicted octanol–water partition coefficient (Wildman–Crippen LogP) is -0.108. The normalized spacial score (nSPS) is 12.4. The highest BCUT2D eigenvalue weighted by molar-refractivity contribution is 7.80. The van der Waals surface area contributed by atoms with Crippen LogP contribution in [0.4, 0.5) is 4.79 Å². The van der Waals surface area contributed by atoms with Gasteiger partial charge in [0.25, 0.3) is 5.91 Å². The van der Waals surface area contributed by atoms with Gasteiger partial charge in [0, 0.05) is 18.9 Å². The van der Waals surface area contributed by atoms with Crippen molar-refractivity contribution in [3.63, 3.8) is 0 Å². The number of H-pyrrole nitrogens is 1. The molecule has 3 amide bonds. The minimum atomic E-state index is -4.85. The Bertz CT molecular complexity index is 649. The van der Waals surface area contributed by atoms with E-state index in [9.17, 15) is 18.0 Å². The zero-order chi connectivity index (χ0) is 18.9. The Morgan fingerprint density at radius 1 is 1.40 bits per heavy atom. The van der Waals surface area contributed by atoms with Crippen molar-refractivity contribution in [2.75, 3.05) is 6.54 Å². The fourth-order valence-electron chi connectivity index (χ4n) is 1.97. The van der Waals surface area contributed by atoms with Crippen LogP contribution in [-0.4, -0.2) is 52.4 Å². The Labute approximate surface area is 144 Å². The first kappa shape index (κ1) is 20.8. The minimum absolute atomic E-state index is 0.00176. The highest BCUT2D eigenvalue weighted by Gasteiger charge is 2.29. The maximum absolute atomic E-state index is 12.3. The van der Waals surface area contributed by atoms with Crippen LogP contribution < -0.4 is 11.0 Å². The molecule has 142 valence electrons. The number of nitrogens with one attached hydrogen (secondary N) is 3. The maximum atomic E-state index is 12.3. The quantitative estimate of drug-likeness (QED) is 0.323. The molecule has 12 nitrogen and oxygen atoms in total. The molecule has 4 N–H and O–H groups in total. The van der Waals surface area contributed by atoms with Gasteiger partial charge in [0.1, 0.15) is 18.5 Å². The molecule has 0 spiro atoms. The number of urea groups is 1. The number of hydrogen-bond acceptors (Lipinski definition) is 7. The summed E-state index contributed by atoms with van der Waals surface area (Å²) < 4.78 is 33.4. The van der Waals surface area contributed by atoms with Crippen LogP contribution in [0.15, 0.2) is 12.4 Å². The Kier molecular flexibility index (Phi) is 8.27. The molecule has 25 heavy (non-hydrogen) atoms. The first-order valence-electron chi connectivity index (χ1n) is 7.40. The molecule has 0 aromatic carbocycles. The zero-order valence-electron chi connectivity index (χ0n) is 13.8. The SMILES string of the molecule is CCC[C@@H](C(=O)NOCc1ncc[nH]1)N(CC)C(=O)NOS(=O)(=O)O. The van der Waals surface area contributed by atoms with E-state index in [1.165, 1.54) is 6.20 Å². The standard InChI is InChI=1S/C12H21N5O7S/c1-3-5-9(11(18)15-23-8-10-13-6-7-14-10)17(4-2)12(19)16-24-25(20,21)22/h6-7,9H,3-5,8H2,1-2H3,(H,13,14)(H,15,18)(H,16,19)(H,20,21,22)/t9-/m0/s1. The lowest BCUT2D eigenvalue weighted by Gasteiger charge is -2.28. The molecule has 1 atom stereocenters. The summed E-state index contributed by atoms with van der Waals surface area (Å²) in [5, 5.41) is 0. The maximum Gasteiger partial charge on any atom is 0.418 e. The van der Waals surface area contributed by atoms with Crippen LogP contribution in [0.3, 0.4) is 0 Å². The van der Waals surface area contributed by atoms with Crippen LogP contribution in [0.25, 0.3) is 0 Å². The third kappa shape index (κ3) is 7.47. The third-order valence-electron chi connectivity index (χ3n) is 3.01. The second-order valence-corrected chi connectivity index (χ2v) is 5.82. The van der Waals surface area contributed by atoms with Gasteiger partial charge in [0.15, 0.2) is 0 Å². The van der Waals surface area contributed by atoms with E-state index in [0.29, 0.717) is 18.7 Å². The van der Waals surface area contributed by atoms with Crippen LogP contribution in [-0.2, 0) is 30.9 Å². The van der Waals surface area contributed by atoms with Gasteiger partial charge in [-0.1, -0.05) is 13.3 Å². The van der Waals surface area contributed by atoms with Gasteiger partial charge in [0.2, 0.25) is 0 Å². The Morgan fingerprint density at radius 3 is 2.64 bits per heavy atom. The van der Waals surface area contributed by atoms with E-state index >= 15 is 0 Å². The average Bonchev–Trinajstić information content (AvgIpc) is 3.05. The number of imidazole rings is 1. The molecule has 1 rings (SSSR count). The molecule has 13 heteroatoms. The molecule has 0 unspecified atom stereocenters.